The fourth-order valence-corrected chi connectivity index (χ4v) is 3.21. The first-order valence-electron chi connectivity index (χ1n) is 8.53. The van der Waals surface area contributed by atoms with Gasteiger partial charge in [-0.05, 0) is 36.8 Å². The third kappa shape index (κ3) is 3.32. The SMILES string of the molecule is CCOC(=O)c1nnc2cc(-c3ccc(Cl)cc3)c(-c3ccccc3Cl)nn12. The molecule has 8 heteroatoms. The molecule has 0 radical (unpaired) electrons. The summed E-state index contributed by atoms with van der Waals surface area (Å²) in [5, 5.41) is 13.8. The Hall–Kier alpha value is -2.96. The number of esters is 1. The van der Waals surface area contributed by atoms with Crippen molar-refractivity contribution in [3.05, 3.63) is 70.5 Å². The first kappa shape index (κ1) is 18.4. The van der Waals surface area contributed by atoms with Crippen molar-refractivity contribution < 1.29 is 9.53 Å². The molecule has 0 aliphatic carbocycles. The maximum absolute atomic E-state index is 12.2. The van der Waals surface area contributed by atoms with Gasteiger partial charge in [0, 0.05) is 16.1 Å². The van der Waals surface area contributed by atoms with E-state index in [2.05, 4.69) is 15.3 Å². The molecule has 6 nitrogen and oxygen atoms in total. The fourth-order valence-electron chi connectivity index (χ4n) is 2.86. The lowest BCUT2D eigenvalue weighted by atomic mass is 10.00. The number of aromatic nitrogens is 4. The predicted octanol–water partition coefficient (Wildman–Crippen LogP) is 4.94. The van der Waals surface area contributed by atoms with E-state index in [9.17, 15) is 4.79 Å². The molecule has 4 rings (SSSR count). The zero-order valence-electron chi connectivity index (χ0n) is 14.8. The van der Waals surface area contributed by atoms with Gasteiger partial charge in [0.1, 0.15) is 5.69 Å². The summed E-state index contributed by atoms with van der Waals surface area (Å²) in [6.07, 6.45) is 0. The van der Waals surface area contributed by atoms with E-state index in [0.29, 0.717) is 21.4 Å². The molecule has 0 atom stereocenters. The molecule has 0 unspecified atom stereocenters. The van der Waals surface area contributed by atoms with Gasteiger partial charge in [-0.1, -0.05) is 53.5 Å². The van der Waals surface area contributed by atoms with Crippen LogP contribution in [0.2, 0.25) is 10.0 Å². The summed E-state index contributed by atoms with van der Waals surface area (Å²) in [4.78, 5) is 12.2. The van der Waals surface area contributed by atoms with Crippen LogP contribution < -0.4 is 0 Å². The molecule has 0 aliphatic heterocycles. The Kier molecular flexibility index (Phi) is 4.98. The lowest BCUT2D eigenvalue weighted by Crippen LogP contribution is -2.12. The summed E-state index contributed by atoms with van der Waals surface area (Å²) in [6, 6.07) is 16.5. The zero-order chi connectivity index (χ0) is 19.7. The smallest absolute Gasteiger partial charge is 0.378 e. The van der Waals surface area contributed by atoms with Crippen LogP contribution in [0.25, 0.3) is 28.0 Å². The molecule has 2 aromatic carbocycles. The predicted molar refractivity (Wildman–Crippen MR) is 108 cm³/mol. The lowest BCUT2D eigenvalue weighted by Gasteiger charge is -2.12. The van der Waals surface area contributed by atoms with Crippen LogP contribution in [0.3, 0.4) is 0 Å². The maximum Gasteiger partial charge on any atom is 0.378 e. The highest BCUT2D eigenvalue weighted by atomic mass is 35.5. The molecule has 2 heterocycles. The average Bonchev–Trinajstić information content (AvgIpc) is 3.11. The second-order valence-electron chi connectivity index (χ2n) is 5.91. The van der Waals surface area contributed by atoms with Gasteiger partial charge in [0.15, 0.2) is 5.65 Å². The summed E-state index contributed by atoms with van der Waals surface area (Å²) >= 11 is 12.5. The molecule has 0 saturated carbocycles. The van der Waals surface area contributed by atoms with Gasteiger partial charge in [-0.25, -0.2) is 4.79 Å². The van der Waals surface area contributed by atoms with E-state index in [0.717, 1.165) is 16.7 Å². The monoisotopic (exact) mass is 412 g/mol. The molecular formula is C20H14Cl2N4O2. The van der Waals surface area contributed by atoms with Gasteiger partial charge in [-0.2, -0.15) is 9.61 Å². The molecule has 0 saturated heterocycles. The zero-order valence-corrected chi connectivity index (χ0v) is 16.3. The number of carbonyl (C=O) groups is 1. The minimum absolute atomic E-state index is 0.00723. The lowest BCUT2D eigenvalue weighted by molar-refractivity contribution is 0.0509. The van der Waals surface area contributed by atoms with Crippen molar-refractivity contribution in [2.75, 3.05) is 6.61 Å². The molecular weight excluding hydrogens is 399 g/mol. The Morgan fingerprint density at radius 3 is 2.50 bits per heavy atom. The number of ether oxygens (including phenoxy) is 1. The average molecular weight is 413 g/mol. The van der Waals surface area contributed by atoms with Crippen LogP contribution in [-0.2, 0) is 4.74 Å². The van der Waals surface area contributed by atoms with Gasteiger partial charge in [0.2, 0.25) is 0 Å². The van der Waals surface area contributed by atoms with Crippen molar-refractivity contribution in [1.29, 1.82) is 0 Å². The van der Waals surface area contributed by atoms with E-state index in [1.165, 1.54) is 4.52 Å². The Bertz CT molecular complexity index is 1170. The summed E-state index contributed by atoms with van der Waals surface area (Å²) < 4.78 is 6.42. The van der Waals surface area contributed by atoms with Gasteiger partial charge in [-0.3, -0.25) is 0 Å². The third-order valence-corrected chi connectivity index (χ3v) is 4.72. The summed E-state index contributed by atoms with van der Waals surface area (Å²) in [5.41, 5.74) is 3.41. The van der Waals surface area contributed by atoms with Crippen molar-refractivity contribution in [2.24, 2.45) is 0 Å². The molecule has 0 amide bonds. The van der Waals surface area contributed by atoms with E-state index in [1.807, 2.05) is 36.4 Å². The Morgan fingerprint density at radius 2 is 1.79 bits per heavy atom. The Labute approximate surface area is 170 Å². The number of hydrogen-bond donors (Lipinski definition) is 0. The van der Waals surface area contributed by atoms with Gasteiger partial charge >= 0.3 is 5.97 Å². The van der Waals surface area contributed by atoms with Crippen LogP contribution in [0.1, 0.15) is 17.5 Å². The second-order valence-corrected chi connectivity index (χ2v) is 6.75. The fraction of sp³-hybridized carbons (Fsp3) is 0.100. The summed E-state index contributed by atoms with van der Waals surface area (Å²) in [7, 11) is 0. The molecule has 0 spiro atoms. The van der Waals surface area contributed by atoms with Crippen molar-refractivity contribution in [1.82, 2.24) is 19.8 Å². The van der Waals surface area contributed by atoms with Crippen molar-refractivity contribution in [3.63, 3.8) is 0 Å². The van der Waals surface area contributed by atoms with Crippen LogP contribution >= 0.6 is 23.2 Å². The first-order valence-corrected chi connectivity index (χ1v) is 9.28. The van der Waals surface area contributed by atoms with Gasteiger partial charge in [-0.15, -0.1) is 10.2 Å². The van der Waals surface area contributed by atoms with E-state index >= 15 is 0 Å². The molecule has 28 heavy (non-hydrogen) atoms. The van der Waals surface area contributed by atoms with Crippen molar-refractivity contribution in [2.45, 2.75) is 6.92 Å². The molecule has 0 N–H and O–H groups in total. The standard InChI is InChI=1S/C20H14Cl2N4O2/c1-2-28-20(27)19-24-23-17-11-15(12-7-9-13(21)10-8-12)18(25-26(17)19)14-5-3-4-6-16(14)22/h3-11H,2H2,1H3. The number of halogens is 2. The Morgan fingerprint density at radius 1 is 1.04 bits per heavy atom. The van der Waals surface area contributed by atoms with Crippen molar-refractivity contribution in [3.8, 4) is 22.4 Å². The number of carbonyl (C=O) groups excluding carboxylic acids is 1. The quantitative estimate of drug-likeness (QED) is 0.443. The largest absolute Gasteiger partial charge is 0.460 e. The van der Waals surface area contributed by atoms with Crippen LogP contribution in [0.4, 0.5) is 0 Å². The highest BCUT2D eigenvalue weighted by molar-refractivity contribution is 6.33. The highest BCUT2D eigenvalue weighted by Crippen LogP contribution is 2.35. The van der Waals surface area contributed by atoms with Gasteiger partial charge in [0.25, 0.3) is 5.82 Å². The topological polar surface area (TPSA) is 69.4 Å². The summed E-state index contributed by atoms with van der Waals surface area (Å²) in [6.45, 7) is 1.95. The van der Waals surface area contributed by atoms with Gasteiger partial charge < -0.3 is 4.74 Å². The third-order valence-electron chi connectivity index (χ3n) is 4.14. The number of nitrogens with zero attached hydrogens (tertiary/aromatic N) is 4. The molecule has 2 aromatic heterocycles. The van der Waals surface area contributed by atoms with Gasteiger partial charge in [0.05, 0.1) is 11.6 Å². The molecule has 0 fully saturated rings. The van der Waals surface area contributed by atoms with Crippen molar-refractivity contribution >= 4 is 34.8 Å². The number of benzene rings is 2. The number of hydrogen-bond acceptors (Lipinski definition) is 5. The summed E-state index contributed by atoms with van der Waals surface area (Å²) in [5.74, 6) is -0.584. The maximum atomic E-state index is 12.2. The molecule has 0 bridgehead atoms. The van der Waals surface area contributed by atoms with E-state index in [-0.39, 0.29) is 12.4 Å². The molecule has 0 aliphatic rings. The van der Waals surface area contributed by atoms with Crippen LogP contribution in [-0.4, -0.2) is 32.4 Å². The second kappa shape index (κ2) is 7.58. The first-order chi connectivity index (χ1) is 13.6. The van der Waals surface area contributed by atoms with E-state index < -0.39 is 5.97 Å². The minimum atomic E-state index is -0.591. The number of rotatable bonds is 4. The number of fused-ring (bicyclic) bond motifs is 1. The van der Waals surface area contributed by atoms with E-state index in [4.69, 9.17) is 27.9 Å². The Balaban J connectivity index is 2.00. The molecule has 4 aromatic rings. The molecule has 140 valence electrons. The normalized spacial score (nSPS) is 11.0. The van der Waals surface area contributed by atoms with E-state index in [1.54, 1.807) is 25.1 Å². The van der Waals surface area contributed by atoms with Crippen LogP contribution in [0.15, 0.2) is 54.6 Å². The minimum Gasteiger partial charge on any atom is -0.460 e. The van der Waals surface area contributed by atoms with Crippen LogP contribution in [0, 0.1) is 0 Å². The highest BCUT2D eigenvalue weighted by Gasteiger charge is 2.21. The van der Waals surface area contributed by atoms with Crippen LogP contribution in [0.5, 0.6) is 0 Å².